The maximum absolute atomic E-state index is 12.1. The highest BCUT2D eigenvalue weighted by Crippen LogP contribution is 2.13. The Morgan fingerprint density at radius 2 is 2.00 bits per heavy atom. The van der Waals surface area contributed by atoms with Crippen LogP contribution < -0.4 is 10.6 Å². The highest BCUT2D eigenvalue weighted by molar-refractivity contribution is 5.99. The smallest absolute Gasteiger partial charge is 0.220 e. The molecule has 2 N–H and O–H groups in total. The van der Waals surface area contributed by atoms with Crippen LogP contribution in [0.1, 0.15) is 34.3 Å². The van der Waals surface area contributed by atoms with E-state index < -0.39 is 0 Å². The highest BCUT2D eigenvalue weighted by atomic mass is 16.2. The fourth-order valence-electron chi connectivity index (χ4n) is 2.24. The molecule has 0 aliphatic carbocycles. The molecule has 20 heavy (non-hydrogen) atoms. The Hall–Kier alpha value is -1.68. The van der Waals surface area contributed by atoms with Gasteiger partial charge >= 0.3 is 0 Å². The van der Waals surface area contributed by atoms with E-state index in [2.05, 4.69) is 10.6 Å². The van der Waals surface area contributed by atoms with Gasteiger partial charge < -0.3 is 10.6 Å². The third kappa shape index (κ3) is 3.90. The van der Waals surface area contributed by atoms with E-state index in [9.17, 15) is 9.59 Å². The number of Topliss-reactive ketones (excluding diaryl/α,β-unsaturated/α-hetero) is 1. The van der Waals surface area contributed by atoms with Gasteiger partial charge in [-0.3, -0.25) is 9.59 Å². The van der Waals surface area contributed by atoms with E-state index in [4.69, 9.17) is 0 Å². The summed E-state index contributed by atoms with van der Waals surface area (Å²) in [6.07, 6.45) is 0.547. The van der Waals surface area contributed by atoms with Gasteiger partial charge in [0.1, 0.15) is 0 Å². The quantitative estimate of drug-likeness (QED) is 0.775. The molecular weight excluding hydrogens is 252 g/mol. The molecule has 1 aromatic carbocycles. The zero-order chi connectivity index (χ0) is 14.5. The van der Waals surface area contributed by atoms with Crippen LogP contribution in [0.4, 0.5) is 0 Å². The van der Waals surface area contributed by atoms with Gasteiger partial charge in [-0.2, -0.15) is 0 Å². The minimum Gasteiger partial charge on any atom is -0.356 e. The van der Waals surface area contributed by atoms with Crippen LogP contribution in [-0.4, -0.2) is 31.3 Å². The van der Waals surface area contributed by atoms with E-state index in [1.54, 1.807) is 0 Å². The summed E-state index contributed by atoms with van der Waals surface area (Å²) in [5.74, 6) is 0.566. The van der Waals surface area contributed by atoms with Crippen LogP contribution in [0.2, 0.25) is 0 Å². The molecule has 0 bridgehead atoms. The van der Waals surface area contributed by atoms with Crippen molar-refractivity contribution in [2.75, 3.05) is 19.6 Å². The number of amides is 1. The zero-order valence-electron chi connectivity index (χ0n) is 12.2. The lowest BCUT2D eigenvalue weighted by Gasteiger charge is -2.27. The van der Waals surface area contributed by atoms with Crippen LogP contribution >= 0.6 is 0 Å². The second-order valence-corrected chi connectivity index (χ2v) is 5.57. The van der Waals surface area contributed by atoms with Gasteiger partial charge in [0, 0.05) is 44.0 Å². The Morgan fingerprint density at radius 3 is 2.65 bits per heavy atom. The van der Waals surface area contributed by atoms with Crippen LogP contribution in [0.5, 0.6) is 0 Å². The molecule has 4 heteroatoms. The van der Waals surface area contributed by atoms with E-state index in [1.807, 2.05) is 32.0 Å². The van der Waals surface area contributed by atoms with Crippen molar-refractivity contribution in [2.45, 2.75) is 26.7 Å². The van der Waals surface area contributed by atoms with E-state index in [0.717, 1.165) is 29.8 Å². The van der Waals surface area contributed by atoms with Gasteiger partial charge in [-0.05, 0) is 25.5 Å². The number of ketones is 1. The number of rotatable bonds is 6. The third-order valence-electron chi connectivity index (χ3n) is 3.73. The fraction of sp³-hybridized carbons (Fsp3) is 0.500. The van der Waals surface area contributed by atoms with E-state index in [-0.39, 0.29) is 24.5 Å². The average molecular weight is 274 g/mol. The number of hydrogen-bond donors (Lipinski definition) is 2. The van der Waals surface area contributed by atoms with Gasteiger partial charge in [-0.15, -0.1) is 0 Å². The Labute approximate surface area is 119 Å². The first-order valence-electron chi connectivity index (χ1n) is 7.14. The Bertz CT molecular complexity index is 507. The summed E-state index contributed by atoms with van der Waals surface area (Å²) < 4.78 is 0. The van der Waals surface area contributed by atoms with Gasteiger partial charge in [0.15, 0.2) is 5.78 Å². The molecule has 0 aromatic heterocycles. The van der Waals surface area contributed by atoms with Crippen LogP contribution in [-0.2, 0) is 4.79 Å². The van der Waals surface area contributed by atoms with Gasteiger partial charge in [-0.1, -0.05) is 17.7 Å². The van der Waals surface area contributed by atoms with Crippen molar-refractivity contribution < 1.29 is 9.59 Å². The Balaban J connectivity index is 1.78. The maximum atomic E-state index is 12.1. The first-order valence-corrected chi connectivity index (χ1v) is 7.14. The van der Waals surface area contributed by atoms with Crippen LogP contribution in [0.15, 0.2) is 18.2 Å². The second kappa shape index (κ2) is 6.66. The van der Waals surface area contributed by atoms with E-state index in [1.165, 1.54) is 0 Å². The first kappa shape index (κ1) is 14.7. The second-order valence-electron chi connectivity index (χ2n) is 5.57. The van der Waals surface area contributed by atoms with Crippen molar-refractivity contribution in [3.05, 3.63) is 34.9 Å². The molecule has 1 fully saturated rings. The first-order chi connectivity index (χ1) is 9.56. The third-order valence-corrected chi connectivity index (χ3v) is 3.73. The molecule has 1 aliphatic rings. The molecule has 1 aliphatic heterocycles. The van der Waals surface area contributed by atoms with Crippen molar-refractivity contribution in [1.82, 2.24) is 10.6 Å². The molecule has 1 heterocycles. The maximum Gasteiger partial charge on any atom is 0.220 e. The van der Waals surface area contributed by atoms with Crippen LogP contribution in [0.25, 0.3) is 0 Å². The summed E-state index contributed by atoms with van der Waals surface area (Å²) in [6, 6.07) is 5.84. The predicted octanol–water partition coefficient (Wildman–Crippen LogP) is 1.60. The summed E-state index contributed by atoms with van der Waals surface area (Å²) in [5, 5.41) is 6.05. The van der Waals surface area contributed by atoms with E-state index in [0.29, 0.717) is 12.5 Å². The van der Waals surface area contributed by atoms with Crippen molar-refractivity contribution in [1.29, 1.82) is 0 Å². The van der Waals surface area contributed by atoms with Crippen molar-refractivity contribution in [3.8, 4) is 0 Å². The number of carbonyl (C=O) groups is 2. The van der Waals surface area contributed by atoms with Gasteiger partial charge in [0.25, 0.3) is 0 Å². The van der Waals surface area contributed by atoms with Crippen LogP contribution in [0.3, 0.4) is 0 Å². The molecule has 2 rings (SSSR count). The molecule has 1 aromatic rings. The Kier molecular flexibility index (Phi) is 4.90. The minimum absolute atomic E-state index is 0.0319. The molecule has 0 spiro atoms. The molecule has 1 amide bonds. The molecule has 0 atom stereocenters. The van der Waals surface area contributed by atoms with Gasteiger partial charge in [0.2, 0.25) is 5.91 Å². The highest BCUT2D eigenvalue weighted by Gasteiger charge is 2.17. The molecule has 1 saturated heterocycles. The lowest BCUT2D eigenvalue weighted by molar-refractivity contribution is -0.121. The lowest BCUT2D eigenvalue weighted by Crippen LogP contribution is -2.48. The Morgan fingerprint density at radius 1 is 1.25 bits per heavy atom. The summed E-state index contributed by atoms with van der Waals surface area (Å²) in [4.78, 5) is 23.8. The lowest BCUT2D eigenvalue weighted by atomic mass is 9.99. The number of benzene rings is 1. The monoisotopic (exact) mass is 274 g/mol. The number of nitrogens with one attached hydrogen (secondary N) is 2. The summed E-state index contributed by atoms with van der Waals surface area (Å²) in [7, 11) is 0. The van der Waals surface area contributed by atoms with Crippen molar-refractivity contribution in [2.24, 2.45) is 5.92 Å². The standard InChI is InChI=1S/C16H22N2O2/c1-11-3-4-12(2)14(7-11)15(19)5-6-16(20)18-10-13-8-17-9-13/h3-4,7,13,17H,5-6,8-10H2,1-2H3,(H,18,20). The summed E-state index contributed by atoms with van der Waals surface area (Å²) in [5.41, 5.74) is 2.78. The largest absolute Gasteiger partial charge is 0.356 e. The van der Waals surface area contributed by atoms with Crippen molar-refractivity contribution >= 4 is 11.7 Å². The summed E-state index contributed by atoms with van der Waals surface area (Å²) >= 11 is 0. The minimum atomic E-state index is -0.0319. The summed E-state index contributed by atoms with van der Waals surface area (Å²) in [6.45, 7) is 6.55. The number of hydrogen-bond acceptors (Lipinski definition) is 3. The van der Waals surface area contributed by atoms with Crippen molar-refractivity contribution in [3.63, 3.8) is 0 Å². The van der Waals surface area contributed by atoms with Gasteiger partial charge in [0.05, 0.1) is 0 Å². The molecular formula is C16H22N2O2. The fourth-order valence-corrected chi connectivity index (χ4v) is 2.24. The van der Waals surface area contributed by atoms with E-state index >= 15 is 0 Å². The molecule has 0 saturated carbocycles. The normalized spacial score (nSPS) is 14.7. The molecule has 0 unspecified atom stereocenters. The molecule has 0 radical (unpaired) electrons. The average Bonchev–Trinajstić information content (AvgIpc) is 2.37. The SMILES string of the molecule is Cc1ccc(C)c(C(=O)CCC(=O)NCC2CNC2)c1. The molecule has 4 nitrogen and oxygen atoms in total. The van der Waals surface area contributed by atoms with Gasteiger partial charge in [-0.25, -0.2) is 0 Å². The zero-order valence-corrected chi connectivity index (χ0v) is 12.2. The predicted molar refractivity (Wildman–Crippen MR) is 78.8 cm³/mol. The number of aryl methyl sites for hydroxylation is 2. The molecule has 108 valence electrons. The van der Waals surface area contributed by atoms with Crippen LogP contribution in [0, 0.1) is 19.8 Å². The number of carbonyl (C=O) groups excluding carboxylic acids is 2. The topological polar surface area (TPSA) is 58.2 Å².